The average Bonchev–Trinajstić information content (AvgIpc) is 2.53. The number of piperazine rings is 1. The predicted octanol–water partition coefficient (Wildman–Crippen LogP) is 1.05. The Morgan fingerprint density at radius 2 is 1.81 bits per heavy atom. The summed E-state index contributed by atoms with van der Waals surface area (Å²) in [6.45, 7) is 4.38. The molecule has 112 valence electrons. The maximum atomic E-state index is 9.00. The second-order valence-corrected chi connectivity index (χ2v) is 6.33. The summed E-state index contributed by atoms with van der Waals surface area (Å²) in [5.74, 6) is 0.992. The highest BCUT2D eigenvalue weighted by atomic mass is 31.2. The van der Waals surface area contributed by atoms with Crippen molar-refractivity contribution in [2.75, 3.05) is 43.8 Å². The quantitative estimate of drug-likeness (QED) is 0.823. The van der Waals surface area contributed by atoms with Crippen molar-refractivity contribution in [3.63, 3.8) is 0 Å². The van der Waals surface area contributed by atoms with Gasteiger partial charge in [-0.2, -0.15) is 0 Å². The summed E-state index contributed by atoms with van der Waals surface area (Å²) >= 11 is 0. The Morgan fingerprint density at radius 1 is 1.05 bits per heavy atom. The van der Waals surface area contributed by atoms with Gasteiger partial charge in [0.05, 0.1) is 5.52 Å². The first-order chi connectivity index (χ1) is 10.2. The molecule has 21 heavy (non-hydrogen) atoms. The third kappa shape index (κ3) is 3.47. The molecule has 0 spiro atoms. The van der Waals surface area contributed by atoms with Gasteiger partial charge in [-0.3, -0.25) is 4.90 Å². The highest BCUT2D eigenvalue weighted by molar-refractivity contribution is 7.45. The molecular weight excluding hydrogens is 287 g/mol. The SMILES string of the molecule is OP(O)CCN1CCN(c2ncnc3ccccc23)CC1. The van der Waals surface area contributed by atoms with Gasteiger partial charge in [-0.25, -0.2) is 9.97 Å². The lowest BCUT2D eigenvalue weighted by molar-refractivity contribution is 0.269. The Morgan fingerprint density at radius 3 is 2.57 bits per heavy atom. The van der Waals surface area contributed by atoms with E-state index in [2.05, 4.69) is 25.8 Å². The number of nitrogens with zero attached hydrogens (tertiary/aromatic N) is 4. The molecule has 0 radical (unpaired) electrons. The van der Waals surface area contributed by atoms with E-state index >= 15 is 0 Å². The van der Waals surface area contributed by atoms with E-state index < -0.39 is 8.38 Å². The Hall–Kier alpha value is -1.33. The molecule has 0 bridgehead atoms. The zero-order chi connectivity index (χ0) is 14.7. The normalized spacial score (nSPS) is 16.8. The van der Waals surface area contributed by atoms with Gasteiger partial charge < -0.3 is 14.7 Å². The minimum Gasteiger partial charge on any atom is -0.353 e. The summed E-state index contributed by atoms with van der Waals surface area (Å²) in [5, 5.41) is 1.09. The molecule has 2 N–H and O–H groups in total. The number of fused-ring (bicyclic) bond motifs is 1. The summed E-state index contributed by atoms with van der Waals surface area (Å²) < 4.78 is 0. The van der Waals surface area contributed by atoms with Gasteiger partial charge in [0.1, 0.15) is 12.1 Å². The molecule has 0 aliphatic carbocycles. The first-order valence-corrected chi connectivity index (χ1v) is 8.49. The second kappa shape index (κ2) is 6.62. The molecule has 7 heteroatoms. The van der Waals surface area contributed by atoms with E-state index in [1.54, 1.807) is 6.33 Å². The average molecular weight is 306 g/mol. The third-order valence-electron chi connectivity index (χ3n) is 3.81. The highest BCUT2D eigenvalue weighted by Gasteiger charge is 2.20. The minimum absolute atomic E-state index is 0.464. The van der Waals surface area contributed by atoms with Gasteiger partial charge in [-0.15, -0.1) is 0 Å². The minimum atomic E-state index is -1.78. The summed E-state index contributed by atoms with van der Waals surface area (Å²) in [5.41, 5.74) is 0.969. The largest absolute Gasteiger partial charge is 0.353 e. The van der Waals surface area contributed by atoms with Gasteiger partial charge in [-0.05, 0) is 12.1 Å². The van der Waals surface area contributed by atoms with E-state index in [4.69, 9.17) is 9.79 Å². The molecule has 0 unspecified atom stereocenters. The first-order valence-electron chi connectivity index (χ1n) is 7.06. The van der Waals surface area contributed by atoms with Crippen LogP contribution in [0.4, 0.5) is 5.82 Å². The fourth-order valence-corrected chi connectivity index (χ4v) is 3.12. The number of aromatic nitrogens is 2. The van der Waals surface area contributed by atoms with Crippen LogP contribution in [0.5, 0.6) is 0 Å². The summed E-state index contributed by atoms with van der Waals surface area (Å²) in [6.07, 6.45) is 2.08. The molecule has 1 aromatic carbocycles. The molecule has 1 aromatic heterocycles. The number of benzene rings is 1. The van der Waals surface area contributed by atoms with Crippen LogP contribution < -0.4 is 4.90 Å². The van der Waals surface area contributed by atoms with Crippen LogP contribution in [0.1, 0.15) is 0 Å². The smallest absolute Gasteiger partial charge is 0.166 e. The zero-order valence-electron chi connectivity index (χ0n) is 11.8. The molecule has 6 nitrogen and oxygen atoms in total. The summed E-state index contributed by atoms with van der Waals surface area (Å²) in [7, 11) is -1.78. The second-order valence-electron chi connectivity index (χ2n) is 5.14. The summed E-state index contributed by atoms with van der Waals surface area (Å²) in [6, 6.07) is 8.05. The topological polar surface area (TPSA) is 72.7 Å². The molecule has 2 heterocycles. The van der Waals surface area contributed by atoms with Gasteiger partial charge in [0.2, 0.25) is 0 Å². The lowest BCUT2D eigenvalue weighted by atomic mass is 10.2. The van der Waals surface area contributed by atoms with E-state index in [-0.39, 0.29) is 0 Å². The molecular formula is C14H19N4O2P. The van der Waals surface area contributed by atoms with Crippen LogP contribution in [0, 0.1) is 0 Å². The van der Waals surface area contributed by atoms with Crippen molar-refractivity contribution in [3.8, 4) is 0 Å². The Balaban J connectivity index is 1.68. The third-order valence-corrected chi connectivity index (χ3v) is 4.41. The van der Waals surface area contributed by atoms with Crippen molar-refractivity contribution < 1.29 is 9.79 Å². The predicted molar refractivity (Wildman–Crippen MR) is 84.4 cm³/mol. The van der Waals surface area contributed by atoms with Crippen LogP contribution in [0.2, 0.25) is 0 Å². The van der Waals surface area contributed by atoms with E-state index in [0.29, 0.717) is 6.16 Å². The highest BCUT2D eigenvalue weighted by Crippen LogP contribution is 2.25. The Bertz CT molecular complexity index is 597. The monoisotopic (exact) mass is 306 g/mol. The molecule has 0 atom stereocenters. The summed E-state index contributed by atoms with van der Waals surface area (Å²) in [4.78, 5) is 31.3. The number of rotatable bonds is 4. The molecule has 1 fully saturated rings. The maximum absolute atomic E-state index is 9.00. The van der Waals surface area contributed by atoms with Crippen LogP contribution in [0.3, 0.4) is 0 Å². The first kappa shape index (κ1) is 14.6. The van der Waals surface area contributed by atoms with Gasteiger partial charge in [-0.1, -0.05) is 12.1 Å². The molecule has 0 saturated carbocycles. The van der Waals surface area contributed by atoms with Crippen LogP contribution in [0.25, 0.3) is 10.9 Å². The fourth-order valence-electron chi connectivity index (χ4n) is 2.66. The lowest BCUT2D eigenvalue weighted by Crippen LogP contribution is -2.47. The zero-order valence-corrected chi connectivity index (χ0v) is 12.7. The van der Waals surface area contributed by atoms with E-state index in [9.17, 15) is 0 Å². The number of para-hydroxylation sites is 1. The van der Waals surface area contributed by atoms with Gasteiger partial charge >= 0.3 is 0 Å². The van der Waals surface area contributed by atoms with Crippen molar-refractivity contribution in [3.05, 3.63) is 30.6 Å². The number of hydrogen-bond acceptors (Lipinski definition) is 6. The lowest BCUT2D eigenvalue weighted by Gasteiger charge is -2.35. The molecule has 1 saturated heterocycles. The van der Waals surface area contributed by atoms with E-state index in [1.165, 1.54) is 0 Å². The molecule has 2 aromatic rings. The van der Waals surface area contributed by atoms with E-state index in [0.717, 1.165) is 49.4 Å². The van der Waals surface area contributed by atoms with Crippen molar-refractivity contribution in [1.82, 2.24) is 14.9 Å². The van der Waals surface area contributed by atoms with Gasteiger partial charge in [0.25, 0.3) is 0 Å². The molecule has 1 aliphatic heterocycles. The van der Waals surface area contributed by atoms with E-state index in [1.807, 2.05) is 18.2 Å². The van der Waals surface area contributed by atoms with Gasteiger partial charge in [0, 0.05) is 44.3 Å². The maximum Gasteiger partial charge on any atom is 0.166 e. The van der Waals surface area contributed by atoms with Crippen molar-refractivity contribution >= 4 is 25.1 Å². The number of anilines is 1. The van der Waals surface area contributed by atoms with Crippen LogP contribution >= 0.6 is 8.38 Å². The van der Waals surface area contributed by atoms with Crippen LogP contribution in [0.15, 0.2) is 30.6 Å². The molecule has 3 rings (SSSR count). The van der Waals surface area contributed by atoms with Gasteiger partial charge in [0.15, 0.2) is 8.38 Å². The fraction of sp³-hybridized carbons (Fsp3) is 0.429. The van der Waals surface area contributed by atoms with Crippen molar-refractivity contribution in [1.29, 1.82) is 0 Å². The molecule has 1 aliphatic rings. The van der Waals surface area contributed by atoms with Crippen LogP contribution in [-0.2, 0) is 0 Å². The van der Waals surface area contributed by atoms with Crippen LogP contribution in [-0.4, -0.2) is 63.5 Å². The Labute approximate surface area is 125 Å². The number of hydrogen-bond donors (Lipinski definition) is 2. The van der Waals surface area contributed by atoms with Crippen molar-refractivity contribution in [2.24, 2.45) is 0 Å². The van der Waals surface area contributed by atoms with Crippen molar-refractivity contribution in [2.45, 2.75) is 0 Å². The standard InChI is InChI=1S/C14H19N4O2P/c19-21(20)10-9-17-5-7-18(8-6-17)14-12-3-1-2-4-13(12)15-11-16-14/h1-4,11,19-20H,5-10H2. The molecule has 0 amide bonds. The Kier molecular flexibility index (Phi) is 4.60.